The zero-order chi connectivity index (χ0) is 12.1. The molecular weight excluding hydrogens is 295 g/mol. The topological polar surface area (TPSA) is 54.4 Å². The van der Waals surface area contributed by atoms with Crippen LogP contribution in [0.15, 0.2) is 22.7 Å². The molecule has 0 heterocycles. The van der Waals surface area contributed by atoms with Crippen LogP contribution in [0.1, 0.15) is 22.3 Å². The molecule has 0 radical (unpaired) electrons. The quantitative estimate of drug-likeness (QED) is 0.672. The van der Waals surface area contributed by atoms with Crippen molar-refractivity contribution >= 4 is 39.3 Å². The first kappa shape index (κ1) is 13.2. The van der Waals surface area contributed by atoms with Crippen molar-refractivity contribution in [1.82, 2.24) is 0 Å². The molecule has 1 N–H and O–H groups in total. The molecule has 0 aromatic heterocycles. The van der Waals surface area contributed by atoms with Crippen molar-refractivity contribution in [2.45, 2.75) is 12.8 Å². The van der Waals surface area contributed by atoms with Crippen LogP contribution in [0.4, 0.5) is 0 Å². The van der Waals surface area contributed by atoms with Crippen molar-refractivity contribution < 1.29 is 14.7 Å². The lowest BCUT2D eigenvalue weighted by molar-refractivity contribution is -0.136. The van der Waals surface area contributed by atoms with E-state index in [1.807, 2.05) is 0 Å². The summed E-state index contributed by atoms with van der Waals surface area (Å²) >= 11 is 8.76. The Hall–Kier alpha value is -0.870. The molecule has 16 heavy (non-hydrogen) atoms. The number of aliphatic carboxylic acids is 1. The van der Waals surface area contributed by atoms with Gasteiger partial charge in [-0.2, -0.15) is 0 Å². The molecule has 0 aliphatic rings. The number of Topliss-reactive ketones (excluding diaryl/α,β-unsaturated/α-hetero) is 1. The first-order chi connectivity index (χ1) is 7.56. The fourth-order valence-corrected chi connectivity index (χ4v) is 2.20. The number of alkyl halides is 1. The minimum Gasteiger partial charge on any atom is -0.481 e. The van der Waals surface area contributed by atoms with E-state index in [9.17, 15) is 9.59 Å². The number of hydrogen-bond acceptors (Lipinski definition) is 2. The summed E-state index contributed by atoms with van der Waals surface area (Å²) in [5, 5.41) is 8.74. The number of carboxylic acids is 1. The van der Waals surface area contributed by atoms with Gasteiger partial charge in [-0.1, -0.05) is 28.1 Å². The predicted octanol–water partition coefficient (Wildman–Crippen LogP) is 2.89. The molecule has 0 unspecified atom stereocenters. The number of ketones is 1. The Balaban J connectivity index is 3.12. The average Bonchev–Trinajstić information content (AvgIpc) is 2.16. The van der Waals surface area contributed by atoms with Gasteiger partial charge in [0.25, 0.3) is 0 Å². The Morgan fingerprint density at radius 1 is 1.38 bits per heavy atom. The van der Waals surface area contributed by atoms with Crippen LogP contribution in [0.5, 0.6) is 0 Å². The summed E-state index contributed by atoms with van der Waals surface area (Å²) in [6.45, 7) is 0. The molecule has 0 aliphatic carbocycles. The molecule has 86 valence electrons. The normalized spacial score (nSPS) is 10.1. The summed E-state index contributed by atoms with van der Waals surface area (Å²) < 4.78 is 0.612. The van der Waals surface area contributed by atoms with Crippen LogP contribution in [0.3, 0.4) is 0 Å². The average molecular weight is 306 g/mol. The third-order valence-corrected chi connectivity index (χ3v) is 2.89. The maximum Gasteiger partial charge on any atom is 0.307 e. The summed E-state index contributed by atoms with van der Waals surface area (Å²) in [5.74, 6) is -0.871. The number of carbonyl (C=O) groups excluding carboxylic acids is 1. The summed E-state index contributed by atoms with van der Waals surface area (Å²) in [6.07, 6.45) is 0.0413. The SMILES string of the molecule is O=C(O)Cc1cccc(Br)c1C(=O)CCCl. The summed E-state index contributed by atoms with van der Waals surface area (Å²) in [4.78, 5) is 22.4. The van der Waals surface area contributed by atoms with Gasteiger partial charge in [0.1, 0.15) is 0 Å². The maximum atomic E-state index is 11.8. The van der Waals surface area contributed by atoms with E-state index in [1.165, 1.54) is 0 Å². The van der Waals surface area contributed by atoms with Crippen LogP contribution in [-0.4, -0.2) is 22.7 Å². The van der Waals surface area contributed by atoms with E-state index in [-0.39, 0.29) is 24.5 Å². The van der Waals surface area contributed by atoms with Crippen LogP contribution < -0.4 is 0 Å². The maximum absolute atomic E-state index is 11.8. The second-order valence-electron chi connectivity index (χ2n) is 3.21. The molecule has 5 heteroatoms. The molecule has 0 amide bonds. The second kappa shape index (κ2) is 6.01. The van der Waals surface area contributed by atoms with Crippen LogP contribution >= 0.6 is 27.5 Å². The van der Waals surface area contributed by atoms with Crippen molar-refractivity contribution in [3.05, 3.63) is 33.8 Å². The molecule has 0 saturated carbocycles. The van der Waals surface area contributed by atoms with Gasteiger partial charge in [0.2, 0.25) is 0 Å². The van der Waals surface area contributed by atoms with E-state index in [4.69, 9.17) is 16.7 Å². The number of hydrogen-bond donors (Lipinski definition) is 1. The van der Waals surface area contributed by atoms with Crippen molar-refractivity contribution in [3.63, 3.8) is 0 Å². The Morgan fingerprint density at radius 2 is 2.06 bits per heavy atom. The van der Waals surface area contributed by atoms with Crippen molar-refractivity contribution in [1.29, 1.82) is 0 Å². The minimum absolute atomic E-state index is 0.140. The van der Waals surface area contributed by atoms with Crippen molar-refractivity contribution in [3.8, 4) is 0 Å². The Morgan fingerprint density at radius 3 is 2.62 bits per heavy atom. The van der Waals surface area contributed by atoms with Gasteiger partial charge in [-0.3, -0.25) is 9.59 Å². The number of carboxylic acid groups (broad SMARTS) is 1. The Kier molecular flexibility index (Phi) is 4.96. The second-order valence-corrected chi connectivity index (χ2v) is 4.44. The van der Waals surface area contributed by atoms with Gasteiger partial charge in [0.05, 0.1) is 6.42 Å². The van der Waals surface area contributed by atoms with E-state index in [2.05, 4.69) is 15.9 Å². The van der Waals surface area contributed by atoms with Gasteiger partial charge in [0.15, 0.2) is 5.78 Å². The van der Waals surface area contributed by atoms with Gasteiger partial charge in [-0.15, -0.1) is 11.6 Å². The van der Waals surface area contributed by atoms with Crippen LogP contribution in [0.25, 0.3) is 0 Å². The molecule has 0 bridgehead atoms. The largest absolute Gasteiger partial charge is 0.481 e. The Labute approximate surface area is 107 Å². The van der Waals surface area contributed by atoms with Crippen LogP contribution in [-0.2, 0) is 11.2 Å². The molecule has 0 fully saturated rings. The monoisotopic (exact) mass is 304 g/mol. The van der Waals surface area contributed by atoms with Gasteiger partial charge >= 0.3 is 5.97 Å². The van der Waals surface area contributed by atoms with Gasteiger partial charge in [-0.05, 0) is 11.6 Å². The zero-order valence-corrected chi connectivity index (χ0v) is 10.7. The number of rotatable bonds is 5. The standard InChI is InChI=1S/C11H10BrClO3/c12-8-3-1-2-7(6-10(15)16)11(8)9(14)4-5-13/h1-3H,4-6H2,(H,15,16). The van der Waals surface area contributed by atoms with Crippen LogP contribution in [0.2, 0.25) is 0 Å². The first-order valence-corrected chi connectivity index (χ1v) is 5.97. The number of halogens is 2. The highest BCUT2D eigenvalue weighted by Gasteiger charge is 2.16. The highest BCUT2D eigenvalue weighted by Crippen LogP contribution is 2.23. The van der Waals surface area contributed by atoms with Crippen LogP contribution in [0, 0.1) is 0 Å². The molecule has 0 spiro atoms. The fourth-order valence-electron chi connectivity index (χ4n) is 1.40. The molecule has 1 aromatic carbocycles. The lowest BCUT2D eigenvalue weighted by Crippen LogP contribution is -2.09. The molecule has 0 atom stereocenters. The molecular formula is C11H10BrClO3. The molecule has 0 saturated heterocycles. The zero-order valence-electron chi connectivity index (χ0n) is 8.37. The smallest absolute Gasteiger partial charge is 0.307 e. The number of benzene rings is 1. The first-order valence-electron chi connectivity index (χ1n) is 4.64. The lowest BCUT2D eigenvalue weighted by atomic mass is 10.00. The van der Waals surface area contributed by atoms with Crippen molar-refractivity contribution in [2.75, 3.05) is 5.88 Å². The molecule has 3 nitrogen and oxygen atoms in total. The van der Waals surface area contributed by atoms with E-state index >= 15 is 0 Å². The summed E-state index contributed by atoms with van der Waals surface area (Å²) in [6, 6.07) is 5.06. The van der Waals surface area contributed by atoms with E-state index < -0.39 is 5.97 Å². The summed E-state index contributed by atoms with van der Waals surface area (Å²) in [5.41, 5.74) is 0.933. The highest BCUT2D eigenvalue weighted by atomic mass is 79.9. The highest BCUT2D eigenvalue weighted by molar-refractivity contribution is 9.10. The summed E-state index contributed by atoms with van der Waals surface area (Å²) in [7, 11) is 0. The molecule has 0 aliphatic heterocycles. The molecule has 1 aromatic rings. The fraction of sp³-hybridized carbons (Fsp3) is 0.273. The van der Waals surface area contributed by atoms with E-state index in [0.717, 1.165) is 0 Å². The predicted molar refractivity (Wildman–Crippen MR) is 65.1 cm³/mol. The third-order valence-electron chi connectivity index (χ3n) is 2.04. The Bertz CT molecular complexity index is 418. The van der Waals surface area contributed by atoms with Gasteiger partial charge in [0, 0.05) is 22.3 Å². The van der Waals surface area contributed by atoms with Gasteiger partial charge in [-0.25, -0.2) is 0 Å². The van der Waals surface area contributed by atoms with E-state index in [1.54, 1.807) is 18.2 Å². The minimum atomic E-state index is -0.960. The molecule has 1 rings (SSSR count). The lowest BCUT2D eigenvalue weighted by Gasteiger charge is -2.08. The van der Waals surface area contributed by atoms with E-state index in [0.29, 0.717) is 15.6 Å². The third kappa shape index (κ3) is 3.32. The number of carbonyl (C=O) groups is 2. The van der Waals surface area contributed by atoms with Gasteiger partial charge < -0.3 is 5.11 Å². The van der Waals surface area contributed by atoms with Crippen molar-refractivity contribution in [2.24, 2.45) is 0 Å².